The first-order chi connectivity index (χ1) is 10.9. The second-order valence-corrected chi connectivity index (χ2v) is 5.50. The van der Waals surface area contributed by atoms with E-state index < -0.39 is 17.9 Å². The summed E-state index contributed by atoms with van der Waals surface area (Å²) >= 11 is 5.99. The van der Waals surface area contributed by atoms with Gasteiger partial charge in [-0.2, -0.15) is 0 Å². The molecule has 0 aliphatic heterocycles. The highest BCUT2D eigenvalue weighted by atomic mass is 35.5. The molecule has 8 heteroatoms. The van der Waals surface area contributed by atoms with Crippen LogP contribution < -0.4 is 5.32 Å². The number of hydrogen-bond donors (Lipinski definition) is 2. The minimum Gasteiger partial charge on any atom is -0.480 e. The summed E-state index contributed by atoms with van der Waals surface area (Å²) in [4.78, 5) is 23.1. The van der Waals surface area contributed by atoms with Crippen LogP contribution in [-0.4, -0.2) is 38.0 Å². The average Bonchev–Trinajstić information content (AvgIpc) is 2.91. The first kappa shape index (κ1) is 17.0. The normalized spacial score (nSPS) is 12.0. The molecule has 0 spiro atoms. The van der Waals surface area contributed by atoms with Gasteiger partial charge in [0.25, 0.3) is 5.91 Å². The Morgan fingerprint density at radius 2 is 2.17 bits per heavy atom. The number of nitrogens with zero attached hydrogens (tertiary/aromatic N) is 3. The molecule has 1 aromatic heterocycles. The van der Waals surface area contributed by atoms with E-state index in [2.05, 4.69) is 15.6 Å². The number of aliphatic carboxylic acids is 1. The SMILES string of the molecule is CCCc1c(C(=O)NC(C)C(=O)O)nnn1-c1cccc(Cl)c1. The molecule has 122 valence electrons. The van der Waals surface area contributed by atoms with Crippen LogP contribution in [0.3, 0.4) is 0 Å². The number of amides is 1. The van der Waals surface area contributed by atoms with Crippen LogP contribution in [0.15, 0.2) is 24.3 Å². The minimum absolute atomic E-state index is 0.125. The molecule has 1 atom stereocenters. The van der Waals surface area contributed by atoms with E-state index >= 15 is 0 Å². The maximum absolute atomic E-state index is 12.3. The first-order valence-electron chi connectivity index (χ1n) is 7.18. The molecule has 0 bridgehead atoms. The van der Waals surface area contributed by atoms with Gasteiger partial charge in [-0.15, -0.1) is 5.10 Å². The molecule has 2 N–H and O–H groups in total. The van der Waals surface area contributed by atoms with Gasteiger partial charge in [-0.05, 0) is 31.5 Å². The standard InChI is InChI=1S/C15H17ClN4O3/c1-3-5-12-13(14(21)17-9(2)15(22)23)18-19-20(12)11-7-4-6-10(16)8-11/h4,6-9H,3,5H2,1-2H3,(H,17,21)(H,22,23). The number of nitrogens with one attached hydrogen (secondary N) is 1. The van der Waals surface area contributed by atoms with E-state index in [1.54, 1.807) is 28.9 Å². The molecule has 2 aromatic rings. The van der Waals surface area contributed by atoms with Crippen LogP contribution in [0.4, 0.5) is 0 Å². The molecule has 0 aliphatic rings. The second-order valence-electron chi connectivity index (χ2n) is 5.06. The van der Waals surface area contributed by atoms with Crippen LogP contribution in [0, 0.1) is 0 Å². The highest BCUT2D eigenvalue weighted by Crippen LogP contribution is 2.18. The largest absolute Gasteiger partial charge is 0.480 e. The lowest BCUT2D eigenvalue weighted by Crippen LogP contribution is -2.38. The summed E-state index contributed by atoms with van der Waals surface area (Å²) in [5.41, 5.74) is 1.43. The molecule has 23 heavy (non-hydrogen) atoms. The van der Waals surface area contributed by atoms with Crippen molar-refractivity contribution in [1.29, 1.82) is 0 Å². The molecule has 1 aromatic carbocycles. The van der Waals surface area contributed by atoms with Crippen LogP contribution >= 0.6 is 11.6 Å². The van der Waals surface area contributed by atoms with E-state index in [0.29, 0.717) is 22.8 Å². The van der Waals surface area contributed by atoms with Gasteiger partial charge >= 0.3 is 5.97 Å². The zero-order valence-electron chi connectivity index (χ0n) is 12.8. The Balaban J connectivity index is 2.38. The van der Waals surface area contributed by atoms with Crippen LogP contribution in [0.25, 0.3) is 5.69 Å². The maximum atomic E-state index is 12.3. The minimum atomic E-state index is -1.11. The van der Waals surface area contributed by atoms with Crippen molar-refractivity contribution in [2.24, 2.45) is 0 Å². The average molecular weight is 337 g/mol. The lowest BCUT2D eigenvalue weighted by Gasteiger charge is -2.10. The van der Waals surface area contributed by atoms with Crippen LogP contribution in [-0.2, 0) is 11.2 Å². The van der Waals surface area contributed by atoms with Gasteiger partial charge in [-0.3, -0.25) is 9.59 Å². The number of halogens is 1. The molecule has 0 saturated carbocycles. The molecule has 0 aliphatic carbocycles. The molecule has 2 rings (SSSR count). The molecule has 0 fully saturated rings. The van der Waals surface area contributed by atoms with Crippen LogP contribution in [0.5, 0.6) is 0 Å². The van der Waals surface area contributed by atoms with Gasteiger partial charge in [0.15, 0.2) is 5.69 Å². The fourth-order valence-corrected chi connectivity index (χ4v) is 2.27. The third-order valence-corrected chi connectivity index (χ3v) is 3.47. The Bertz CT molecular complexity index is 729. The third kappa shape index (κ3) is 3.87. The number of carboxylic acids is 1. The lowest BCUT2D eigenvalue weighted by atomic mass is 10.2. The van der Waals surface area contributed by atoms with Crippen molar-refractivity contribution < 1.29 is 14.7 Å². The van der Waals surface area contributed by atoms with E-state index in [9.17, 15) is 9.59 Å². The van der Waals surface area contributed by atoms with Gasteiger partial charge in [-0.25, -0.2) is 4.68 Å². The van der Waals surface area contributed by atoms with E-state index in [1.807, 2.05) is 6.92 Å². The Kier molecular flexibility index (Phi) is 5.33. The van der Waals surface area contributed by atoms with Gasteiger partial charge in [0.05, 0.1) is 11.4 Å². The van der Waals surface area contributed by atoms with Gasteiger partial charge in [0.1, 0.15) is 6.04 Å². The van der Waals surface area contributed by atoms with Crippen molar-refractivity contribution in [2.75, 3.05) is 0 Å². The topological polar surface area (TPSA) is 97.1 Å². The number of aromatic nitrogens is 3. The van der Waals surface area contributed by atoms with Crippen molar-refractivity contribution in [2.45, 2.75) is 32.7 Å². The fraction of sp³-hybridized carbons (Fsp3) is 0.333. The Morgan fingerprint density at radius 1 is 1.43 bits per heavy atom. The van der Waals surface area contributed by atoms with Gasteiger partial charge in [0, 0.05) is 5.02 Å². The molecule has 1 unspecified atom stereocenters. The molecular weight excluding hydrogens is 320 g/mol. The molecule has 0 radical (unpaired) electrons. The van der Waals surface area contributed by atoms with Gasteiger partial charge in [0.2, 0.25) is 0 Å². The van der Waals surface area contributed by atoms with Crippen molar-refractivity contribution in [3.05, 3.63) is 40.7 Å². The second kappa shape index (κ2) is 7.23. The Hall–Kier alpha value is -2.41. The highest BCUT2D eigenvalue weighted by Gasteiger charge is 2.23. The smallest absolute Gasteiger partial charge is 0.325 e. The highest BCUT2D eigenvalue weighted by molar-refractivity contribution is 6.30. The summed E-state index contributed by atoms with van der Waals surface area (Å²) in [6.07, 6.45) is 1.35. The predicted molar refractivity (Wildman–Crippen MR) is 84.9 cm³/mol. The van der Waals surface area contributed by atoms with Crippen molar-refractivity contribution in [3.8, 4) is 5.69 Å². The maximum Gasteiger partial charge on any atom is 0.325 e. The van der Waals surface area contributed by atoms with Crippen molar-refractivity contribution in [1.82, 2.24) is 20.3 Å². The van der Waals surface area contributed by atoms with E-state index in [-0.39, 0.29) is 5.69 Å². The first-order valence-corrected chi connectivity index (χ1v) is 7.56. The zero-order chi connectivity index (χ0) is 17.0. The van der Waals surface area contributed by atoms with Crippen LogP contribution in [0.1, 0.15) is 36.5 Å². The summed E-state index contributed by atoms with van der Waals surface area (Å²) < 4.78 is 1.55. The molecule has 1 amide bonds. The number of carboxylic acid groups (broad SMARTS) is 1. The number of hydrogen-bond acceptors (Lipinski definition) is 4. The van der Waals surface area contributed by atoms with Gasteiger partial charge < -0.3 is 10.4 Å². The lowest BCUT2D eigenvalue weighted by molar-refractivity contribution is -0.138. The van der Waals surface area contributed by atoms with E-state index in [4.69, 9.17) is 16.7 Å². The fourth-order valence-electron chi connectivity index (χ4n) is 2.08. The Morgan fingerprint density at radius 3 is 2.78 bits per heavy atom. The van der Waals surface area contributed by atoms with Gasteiger partial charge in [-0.1, -0.05) is 36.2 Å². The summed E-state index contributed by atoms with van der Waals surface area (Å²) in [6.45, 7) is 3.36. The monoisotopic (exact) mass is 336 g/mol. The van der Waals surface area contributed by atoms with Crippen molar-refractivity contribution >= 4 is 23.5 Å². The number of carbonyl (C=O) groups is 2. The third-order valence-electron chi connectivity index (χ3n) is 3.24. The van der Waals surface area contributed by atoms with E-state index in [1.165, 1.54) is 6.92 Å². The van der Waals surface area contributed by atoms with Crippen LogP contribution in [0.2, 0.25) is 5.02 Å². The number of rotatable bonds is 6. The number of carbonyl (C=O) groups excluding carboxylic acids is 1. The predicted octanol–water partition coefficient (Wildman–Crippen LogP) is 2.08. The molecule has 7 nitrogen and oxygen atoms in total. The summed E-state index contributed by atoms with van der Waals surface area (Å²) in [5, 5.41) is 19.8. The molecule has 0 saturated heterocycles. The summed E-state index contributed by atoms with van der Waals surface area (Å²) in [5.74, 6) is -1.67. The zero-order valence-corrected chi connectivity index (χ0v) is 13.5. The molecular formula is C15H17ClN4O3. The number of benzene rings is 1. The van der Waals surface area contributed by atoms with Crippen molar-refractivity contribution in [3.63, 3.8) is 0 Å². The van der Waals surface area contributed by atoms with E-state index in [0.717, 1.165) is 6.42 Å². The summed E-state index contributed by atoms with van der Waals surface area (Å²) in [6, 6.07) is 6.04. The Labute approximate surface area is 138 Å². The quantitative estimate of drug-likeness (QED) is 0.841. The summed E-state index contributed by atoms with van der Waals surface area (Å²) in [7, 11) is 0. The molecule has 1 heterocycles.